The summed E-state index contributed by atoms with van der Waals surface area (Å²) in [6.07, 6.45) is 0.0513. The normalized spacial score (nSPS) is 10.7. The summed E-state index contributed by atoms with van der Waals surface area (Å²) in [5, 5.41) is 12.5. The topological polar surface area (TPSA) is 95.4 Å². The Kier molecular flexibility index (Phi) is 7.56. The number of nitrogens with zero attached hydrogens (tertiary/aromatic N) is 3. The van der Waals surface area contributed by atoms with Crippen LogP contribution in [0.4, 0.5) is 11.5 Å². The molecule has 2 aromatic carbocycles. The molecular formula is C22H19Cl3N4O3. The van der Waals surface area contributed by atoms with Gasteiger partial charge in [-0.15, -0.1) is 0 Å². The van der Waals surface area contributed by atoms with E-state index in [-0.39, 0.29) is 28.1 Å². The second-order valence-corrected chi connectivity index (χ2v) is 8.27. The highest BCUT2D eigenvalue weighted by atomic mass is 35.5. The monoisotopic (exact) mass is 492 g/mol. The molecule has 166 valence electrons. The molecule has 2 N–H and O–H groups in total. The number of carbonyl (C=O) groups is 2. The van der Waals surface area contributed by atoms with Crippen molar-refractivity contribution >= 4 is 58.2 Å². The van der Waals surface area contributed by atoms with E-state index in [4.69, 9.17) is 39.9 Å². The predicted molar refractivity (Wildman–Crippen MR) is 126 cm³/mol. The van der Waals surface area contributed by atoms with Crippen LogP contribution in [0, 0.1) is 0 Å². The fraction of sp³-hybridized carbons (Fsp3) is 0.182. The molecule has 0 aliphatic carbocycles. The van der Waals surface area contributed by atoms with Gasteiger partial charge in [-0.05, 0) is 29.8 Å². The first-order valence-corrected chi connectivity index (χ1v) is 10.6. The zero-order valence-electron chi connectivity index (χ0n) is 17.2. The van der Waals surface area contributed by atoms with E-state index in [1.807, 2.05) is 6.07 Å². The van der Waals surface area contributed by atoms with Crippen LogP contribution in [0.25, 0.3) is 0 Å². The van der Waals surface area contributed by atoms with Crippen LogP contribution in [0.2, 0.25) is 15.2 Å². The number of rotatable bonds is 7. The number of aliphatic carboxylic acids is 1. The maximum Gasteiger partial charge on any atom is 0.308 e. The summed E-state index contributed by atoms with van der Waals surface area (Å²) in [5.74, 6) is -0.534. The molecule has 0 bridgehead atoms. The van der Waals surface area contributed by atoms with Crippen molar-refractivity contribution in [2.24, 2.45) is 0 Å². The molecule has 32 heavy (non-hydrogen) atoms. The van der Waals surface area contributed by atoms with Gasteiger partial charge < -0.3 is 15.3 Å². The molecule has 0 saturated heterocycles. The van der Waals surface area contributed by atoms with Gasteiger partial charge in [0.2, 0.25) is 0 Å². The number of nitrogens with one attached hydrogen (secondary N) is 1. The van der Waals surface area contributed by atoms with Crippen LogP contribution >= 0.6 is 34.8 Å². The molecule has 1 amide bonds. The van der Waals surface area contributed by atoms with Crippen molar-refractivity contribution < 1.29 is 14.7 Å². The number of amides is 1. The molecule has 7 nitrogen and oxygen atoms in total. The minimum atomic E-state index is -1.02. The third kappa shape index (κ3) is 5.68. The molecule has 0 radical (unpaired) electrons. The molecule has 0 unspecified atom stereocenters. The molecule has 0 aliphatic rings. The van der Waals surface area contributed by atoms with Crippen molar-refractivity contribution in [3.8, 4) is 0 Å². The lowest BCUT2D eigenvalue weighted by Crippen LogP contribution is -2.18. The van der Waals surface area contributed by atoms with Crippen molar-refractivity contribution in [1.29, 1.82) is 0 Å². The van der Waals surface area contributed by atoms with Crippen LogP contribution < -0.4 is 10.2 Å². The first kappa shape index (κ1) is 23.8. The molecule has 1 aromatic heterocycles. The first-order valence-electron chi connectivity index (χ1n) is 9.44. The quantitative estimate of drug-likeness (QED) is 0.451. The van der Waals surface area contributed by atoms with Gasteiger partial charge in [0.25, 0.3) is 5.91 Å². The second-order valence-electron chi connectivity index (χ2n) is 7.13. The van der Waals surface area contributed by atoms with E-state index in [9.17, 15) is 9.59 Å². The highest BCUT2D eigenvalue weighted by Gasteiger charge is 2.18. The number of carbonyl (C=O) groups excluding carboxylic acids is 1. The molecule has 3 rings (SSSR count). The first-order chi connectivity index (χ1) is 15.2. The van der Waals surface area contributed by atoms with E-state index >= 15 is 0 Å². The Bertz CT molecular complexity index is 1190. The highest BCUT2D eigenvalue weighted by Crippen LogP contribution is 2.27. The fourth-order valence-electron chi connectivity index (χ4n) is 3.06. The number of anilines is 2. The van der Waals surface area contributed by atoms with Gasteiger partial charge in [-0.2, -0.15) is 0 Å². The Morgan fingerprint density at radius 2 is 1.78 bits per heavy atom. The lowest BCUT2D eigenvalue weighted by atomic mass is 10.1. The highest BCUT2D eigenvalue weighted by molar-refractivity contribution is 6.44. The third-order valence-corrected chi connectivity index (χ3v) is 5.61. The average Bonchev–Trinajstić information content (AvgIpc) is 2.71. The minimum absolute atomic E-state index is 0.0983. The largest absolute Gasteiger partial charge is 0.481 e. The van der Waals surface area contributed by atoms with Crippen molar-refractivity contribution in [1.82, 2.24) is 9.97 Å². The molecule has 0 atom stereocenters. The summed E-state index contributed by atoms with van der Waals surface area (Å²) in [4.78, 5) is 34.2. The molecule has 0 saturated carbocycles. The molecule has 0 spiro atoms. The maximum atomic E-state index is 12.6. The average molecular weight is 494 g/mol. The van der Waals surface area contributed by atoms with Gasteiger partial charge in [0.05, 0.1) is 22.0 Å². The number of benzene rings is 2. The van der Waals surface area contributed by atoms with Crippen LogP contribution in [-0.2, 0) is 17.6 Å². The molecular weight excluding hydrogens is 475 g/mol. The Balaban J connectivity index is 1.84. The Hall–Kier alpha value is -2.87. The van der Waals surface area contributed by atoms with Gasteiger partial charge in [-0.25, -0.2) is 9.97 Å². The van der Waals surface area contributed by atoms with E-state index in [1.54, 1.807) is 55.4 Å². The number of carboxylic acids is 1. The third-order valence-electron chi connectivity index (χ3n) is 4.48. The van der Waals surface area contributed by atoms with Crippen LogP contribution in [0.5, 0.6) is 0 Å². The predicted octanol–water partition coefficient (Wildman–Crippen LogP) is 4.97. The van der Waals surface area contributed by atoms with Gasteiger partial charge in [0.1, 0.15) is 16.8 Å². The molecule has 1 heterocycles. The van der Waals surface area contributed by atoms with E-state index in [0.717, 1.165) is 5.56 Å². The van der Waals surface area contributed by atoms with Gasteiger partial charge in [0.15, 0.2) is 0 Å². The van der Waals surface area contributed by atoms with Crippen molar-refractivity contribution in [2.75, 3.05) is 24.3 Å². The summed E-state index contributed by atoms with van der Waals surface area (Å²) < 4.78 is 0. The van der Waals surface area contributed by atoms with Gasteiger partial charge in [0, 0.05) is 31.8 Å². The zero-order chi connectivity index (χ0) is 23.4. The summed E-state index contributed by atoms with van der Waals surface area (Å²) in [5.41, 5.74) is 2.01. The maximum absolute atomic E-state index is 12.6. The Morgan fingerprint density at radius 3 is 2.47 bits per heavy atom. The Morgan fingerprint density at radius 1 is 1.06 bits per heavy atom. The van der Waals surface area contributed by atoms with Crippen LogP contribution in [-0.4, -0.2) is 41.0 Å². The number of carboxylic acid groups (broad SMARTS) is 1. The van der Waals surface area contributed by atoms with E-state index in [0.29, 0.717) is 34.3 Å². The van der Waals surface area contributed by atoms with Gasteiger partial charge in [-0.3, -0.25) is 9.59 Å². The smallest absolute Gasteiger partial charge is 0.308 e. The minimum Gasteiger partial charge on any atom is -0.481 e. The van der Waals surface area contributed by atoms with Gasteiger partial charge in [-0.1, -0.05) is 53.0 Å². The van der Waals surface area contributed by atoms with Gasteiger partial charge >= 0.3 is 5.97 Å². The van der Waals surface area contributed by atoms with Crippen LogP contribution in [0.3, 0.4) is 0 Å². The van der Waals surface area contributed by atoms with Crippen molar-refractivity contribution in [3.63, 3.8) is 0 Å². The van der Waals surface area contributed by atoms with E-state index in [2.05, 4.69) is 15.3 Å². The molecule has 0 fully saturated rings. The van der Waals surface area contributed by atoms with E-state index in [1.165, 1.54) is 0 Å². The zero-order valence-corrected chi connectivity index (χ0v) is 19.5. The van der Waals surface area contributed by atoms with Crippen LogP contribution in [0.1, 0.15) is 27.3 Å². The SMILES string of the molecule is CN(C)c1nc(Cc2cccc(NC(=O)c3cccc(Cl)c3Cl)c2)nc(Cl)c1CC(=O)O. The number of hydrogen-bond donors (Lipinski definition) is 2. The number of aromatic nitrogens is 2. The molecule has 0 aliphatic heterocycles. The second kappa shape index (κ2) is 10.2. The fourth-order valence-corrected chi connectivity index (χ4v) is 3.69. The molecule has 10 heteroatoms. The standard InChI is InChI=1S/C22H19Cl3N4O3/c1-29(2)21-15(11-18(30)31)20(25)27-17(28-21)10-12-5-3-6-13(9-12)26-22(32)14-7-4-8-16(23)19(14)24/h3-9H,10-11H2,1-2H3,(H,26,32)(H,30,31). The van der Waals surface area contributed by atoms with E-state index < -0.39 is 5.97 Å². The van der Waals surface area contributed by atoms with Crippen LogP contribution in [0.15, 0.2) is 42.5 Å². The Labute approximate surface area is 200 Å². The van der Waals surface area contributed by atoms with Crippen molar-refractivity contribution in [3.05, 3.63) is 80.2 Å². The number of hydrogen-bond acceptors (Lipinski definition) is 5. The lowest BCUT2D eigenvalue weighted by molar-refractivity contribution is -0.136. The lowest BCUT2D eigenvalue weighted by Gasteiger charge is -2.17. The molecule has 3 aromatic rings. The number of halogens is 3. The summed E-state index contributed by atoms with van der Waals surface area (Å²) in [6.45, 7) is 0. The summed E-state index contributed by atoms with van der Waals surface area (Å²) in [6, 6.07) is 12.0. The summed E-state index contributed by atoms with van der Waals surface area (Å²) >= 11 is 18.4. The van der Waals surface area contributed by atoms with Crippen molar-refractivity contribution in [2.45, 2.75) is 12.8 Å². The summed E-state index contributed by atoms with van der Waals surface area (Å²) in [7, 11) is 3.51.